The van der Waals surface area contributed by atoms with E-state index in [1.165, 1.54) is 0 Å². The minimum Gasteiger partial charge on any atom is -0.340 e. The molecule has 1 fully saturated rings. The molecule has 1 atom stereocenters. The predicted octanol–water partition coefficient (Wildman–Crippen LogP) is 1.91. The Labute approximate surface area is 99.1 Å². The third kappa shape index (κ3) is 4.18. The fourth-order valence-corrected chi connectivity index (χ4v) is 1.94. The van der Waals surface area contributed by atoms with Crippen molar-refractivity contribution in [2.24, 2.45) is 11.7 Å². The number of carbonyl (C=O) groups excluding carboxylic acids is 1. The Bertz CT molecular complexity index is 264. The van der Waals surface area contributed by atoms with E-state index in [9.17, 15) is 18.0 Å². The first kappa shape index (κ1) is 14.3. The maximum absolute atomic E-state index is 12.6. The molecule has 1 amide bonds. The summed E-state index contributed by atoms with van der Waals surface area (Å²) in [7, 11) is 0. The molecule has 0 heterocycles. The highest BCUT2D eigenvalue weighted by atomic mass is 19.4. The van der Waals surface area contributed by atoms with Crippen molar-refractivity contribution in [2.45, 2.75) is 44.8 Å². The second-order valence-corrected chi connectivity index (χ2v) is 4.43. The summed E-state index contributed by atoms with van der Waals surface area (Å²) in [6.07, 6.45) is -3.17. The lowest BCUT2D eigenvalue weighted by atomic mass is 10.00. The van der Waals surface area contributed by atoms with Gasteiger partial charge in [0, 0.05) is 19.0 Å². The number of hydrogen-bond acceptors (Lipinski definition) is 2. The summed E-state index contributed by atoms with van der Waals surface area (Å²) >= 11 is 0. The van der Waals surface area contributed by atoms with Gasteiger partial charge in [0.05, 0.1) is 5.92 Å². The molecule has 1 rings (SSSR count). The zero-order valence-electron chi connectivity index (χ0n) is 9.96. The Kier molecular flexibility index (Phi) is 4.80. The highest BCUT2D eigenvalue weighted by molar-refractivity contribution is 5.77. The minimum atomic E-state index is -4.34. The Morgan fingerprint density at radius 3 is 2.41 bits per heavy atom. The maximum atomic E-state index is 12.6. The lowest BCUT2D eigenvalue weighted by Gasteiger charge is -2.25. The molecule has 1 aliphatic rings. The lowest BCUT2D eigenvalue weighted by molar-refractivity contribution is -0.182. The summed E-state index contributed by atoms with van der Waals surface area (Å²) in [4.78, 5) is 13.3. The van der Waals surface area contributed by atoms with Crippen LogP contribution >= 0.6 is 0 Å². The van der Waals surface area contributed by atoms with Crippen LogP contribution in [0.2, 0.25) is 0 Å². The molecular formula is C11H19F3N2O. The van der Waals surface area contributed by atoms with Crippen molar-refractivity contribution in [3.63, 3.8) is 0 Å². The van der Waals surface area contributed by atoms with E-state index in [1.807, 2.05) is 0 Å². The normalized spacial score (nSPS) is 17.9. The number of halogens is 3. The summed E-state index contributed by atoms with van der Waals surface area (Å²) in [5, 5.41) is 0. The molecule has 0 aliphatic heterocycles. The number of nitrogens with zero attached hydrogens (tertiary/aromatic N) is 1. The fourth-order valence-electron chi connectivity index (χ4n) is 1.94. The average Bonchev–Trinajstić information content (AvgIpc) is 3.01. The highest BCUT2D eigenvalue weighted by Crippen LogP contribution is 2.33. The molecule has 3 nitrogen and oxygen atoms in total. The van der Waals surface area contributed by atoms with Gasteiger partial charge in [-0.05, 0) is 32.7 Å². The molecule has 6 heteroatoms. The first-order valence-electron chi connectivity index (χ1n) is 5.96. The molecule has 0 saturated heterocycles. The van der Waals surface area contributed by atoms with Gasteiger partial charge in [-0.2, -0.15) is 13.2 Å². The molecule has 0 spiro atoms. The summed E-state index contributed by atoms with van der Waals surface area (Å²) < 4.78 is 37.9. The molecule has 1 saturated carbocycles. The van der Waals surface area contributed by atoms with Crippen LogP contribution in [-0.2, 0) is 4.79 Å². The minimum absolute atomic E-state index is 0.0486. The van der Waals surface area contributed by atoms with Crippen molar-refractivity contribution in [1.82, 2.24) is 4.90 Å². The van der Waals surface area contributed by atoms with Crippen LogP contribution in [0.5, 0.6) is 0 Å². The Balaban J connectivity index is 2.56. The molecule has 0 bridgehead atoms. The van der Waals surface area contributed by atoms with E-state index in [2.05, 4.69) is 0 Å². The molecule has 100 valence electrons. The van der Waals surface area contributed by atoms with Crippen molar-refractivity contribution in [2.75, 3.05) is 13.1 Å². The van der Waals surface area contributed by atoms with E-state index < -0.39 is 24.4 Å². The second-order valence-electron chi connectivity index (χ2n) is 4.43. The largest absolute Gasteiger partial charge is 0.392 e. The number of alkyl halides is 3. The summed E-state index contributed by atoms with van der Waals surface area (Å²) in [6, 6.07) is 0.166. The predicted molar refractivity (Wildman–Crippen MR) is 58.2 cm³/mol. The molecule has 0 aromatic carbocycles. The summed E-state index contributed by atoms with van der Waals surface area (Å²) in [6.45, 7) is 2.23. The SMILES string of the molecule is CCN(C(=O)CC(CCN)C(F)(F)F)C1CC1. The fraction of sp³-hybridized carbons (Fsp3) is 0.909. The van der Waals surface area contributed by atoms with Gasteiger partial charge >= 0.3 is 6.18 Å². The van der Waals surface area contributed by atoms with E-state index in [1.54, 1.807) is 11.8 Å². The quantitative estimate of drug-likeness (QED) is 0.785. The van der Waals surface area contributed by atoms with Gasteiger partial charge in [0.25, 0.3) is 0 Å². The summed E-state index contributed by atoms with van der Waals surface area (Å²) in [5.74, 6) is -2.00. The number of hydrogen-bond donors (Lipinski definition) is 1. The number of carbonyl (C=O) groups is 1. The molecule has 1 aliphatic carbocycles. The Morgan fingerprint density at radius 2 is 2.06 bits per heavy atom. The molecular weight excluding hydrogens is 233 g/mol. The van der Waals surface area contributed by atoms with Crippen LogP contribution in [0, 0.1) is 5.92 Å². The van der Waals surface area contributed by atoms with Crippen LogP contribution in [-0.4, -0.2) is 36.1 Å². The van der Waals surface area contributed by atoms with E-state index in [0.717, 1.165) is 12.8 Å². The van der Waals surface area contributed by atoms with Crippen molar-refractivity contribution in [1.29, 1.82) is 0 Å². The zero-order valence-corrected chi connectivity index (χ0v) is 9.96. The maximum Gasteiger partial charge on any atom is 0.392 e. The third-order valence-electron chi connectivity index (χ3n) is 3.05. The molecule has 0 aromatic rings. The van der Waals surface area contributed by atoms with Gasteiger partial charge in [-0.15, -0.1) is 0 Å². The topological polar surface area (TPSA) is 46.3 Å². The van der Waals surface area contributed by atoms with E-state index >= 15 is 0 Å². The van der Waals surface area contributed by atoms with Crippen molar-refractivity contribution >= 4 is 5.91 Å². The van der Waals surface area contributed by atoms with Gasteiger partial charge in [0.2, 0.25) is 5.91 Å². The van der Waals surface area contributed by atoms with Crippen molar-refractivity contribution in [3.05, 3.63) is 0 Å². The molecule has 17 heavy (non-hydrogen) atoms. The van der Waals surface area contributed by atoms with E-state index in [0.29, 0.717) is 6.54 Å². The highest BCUT2D eigenvalue weighted by Gasteiger charge is 2.42. The smallest absolute Gasteiger partial charge is 0.340 e. The average molecular weight is 252 g/mol. The number of rotatable bonds is 6. The molecule has 0 aromatic heterocycles. The molecule has 1 unspecified atom stereocenters. The molecule has 0 radical (unpaired) electrons. The summed E-state index contributed by atoms with van der Waals surface area (Å²) in [5.41, 5.74) is 5.16. The zero-order chi connectivity index (χ0) is 13.1. The number of nitrogens with two attached hydrogens (primary N) is 1. The van der Waals surface area contributed by atoms with Gasteiger partial charge < -0.3 is 10.6 Å². The van der Waals surface area contributed by atoms with Crippen LogP contribution in [0.25, 0.3) is 0 Å². The second kappa shape index (κ2) is 5.71. The van der Waals surface area contributed by atoms with Crippen LogP contribution in [0.3, 0.4) is 0 Å². The first-order chi connectivity index (χ1) is 7.90. The standard InChI is InChI=1S/C11H19F3N2O/c1-2-16(9-3-4-9)10(17)7-8(5-6-15)11(12,13)14/h8-9H,2-7,15H2,1H3. The first-order valence-corrected chi connectivity index (χ1v) is 5.96. The van der Waals surface area contributed by atoms with Crippen LogP contribution in [0.4, 0.5) is 13.2 Å². The van der Waals surface area contributed by atoms with Gasteiger partial charge in [-0.3, -0.25) is 4.79 Å². The van der Waals surface area contributed by atoms with E-state index in [4.69, 9.17) is 5.73 Å². The Hall–Kier alpha value is -0.780. The Morgan fingerprint density at radius 1 is 1.47 bits per heavy atom. The van der Waals surface area contributed by atoms with Gasteiger partial charge in [-0.25, -0.2) is 0 Å². The third-order valence-corrected chi connectivity index (χ3v) is 3.05. The van der Waals surface area contributed by atoms with Crippen LogP contribution in [0.1, 0.15) is 32.6 Å². The van der Waals surface area contributed by atoms with Gasteiger partial charge in [-0.1, -0.05) is 0 Å². The van der Waals surface area contributed by atoms with Crippen LogP contribution < -0.4 is 5.73 Å². The van der Waals surface area contributed by atoms with Crippen LogP contribution in [0.15, 0.2) is 0 Å². The molecule has 2 N–H and O–H groups in total. The van der Waals surface area contributed by atoms with Gasteiger partial charge in [0.15, 0.2) is 0 Å². The van der Waals surface area contributed by atoms with Crippen molar-refractivity contribution < 1.29 is 18.0 Å². The monoisotopic (exact) mass is 252 g/mol. The van der Waals surface area contributed by atoms with Gasteiger partial charge in [0.1, 0.15) is 0 Å². The number of amides is 1. The van der Waals surface area contributed by atoms with E-state index in [-0.39, 0.29) is 19.0 Å². The van der Waals surface area contributed by atoms with Crippen molar-refractivity contribution in [3.8, 4) is 0 Å². The lowest BCUT2D eigenvalue weighted by Crippen LogP contribution is -2.37.